The van der Waals surface area contributed by atoms with Crippen molar-refractivity contribution in [2.75, 3.05) is 0 Å². The van der Waals surface area contributed by atoms with Crippen molar-refractivity contribution in [1.82, 2.24) is 0 Å². The molecule has 0 aliphatic heterocycles. The Morgan fingerprint density at radius 3 is 0.882 bits per heavy atom. The summed E-state index contributed by atoms with van der Waals surface area (Å²) >= 11 is 0. The molecule has 166 valence electrons. The molecule has 4 rings (SSSR count). The molecular formula is C28H22N2O2P2. The molecule has 4 nitrogen and oxygen atoms in total. The highest BCUT2D eigenvalue weighted by Gasteiger charge is 2.38. The van der Waals surface area contributed by atoms with Gasteiger partial charge in [0.15, 0.2) is 0 Å². The quantitative estimate of drug-likeness (QED) is 0.200. The normalized spacial score (nSPS) is 12.4. The Balaban J connectivity index is 1.94. The molecule has 6 heteroatoms. The van der Waals surface area contributed by atoms with Gasteiger partial charge in [0.25, 0.3) is 0 Å². The number of hydrogen-bond donors (Lipinski definition) is 0. The number of aliphatic imine (C=N–C) groups is 2. The fourth-order valence-corrected chi connectivity index (χ4v) is 9.47. The Morgan fingerprint density at radius 2 is 0.676 bits per heavy atom. The number of rotatable bonds is 9. The Morgan fingerprint density at radius 1 is 0.441 bits per heavy atom. The van der Waals surface area contributed by atoms with Crippen LogP contribution in [-0.2, 0) is 9.59 Å². The van der Waals surface area contributed by atoms with E-state index in [1.807, 2.05) is 121 Å². The summed E-state index contributed by atoms with van der Waals surface area (Å²) in [6, 6.07) is 40.0. The van der Waals surface area contributed by atoms with Gasteiger partial charge in [0, 0.05) is 0 Å². The zero-order chi connectivity index (χ0) is 23.6. The van der Waals surface area contributed by atoms with Crippen molar-refractivity contribution in [3.63, 3.8) is 0 Å². The van der Waals surface area contributed by atoms with E-state index in [1.165, 1.54) is 0 Å². The van der Waals surface area contributed by atoms with Crippen LogP contribution in [0.5, 0.6) is 0 Å². The summed E-state index contributed by atoms with van der Waals surface area (Å²) in [5, 5.41) is 4.20. The molecule has 4 aromatic rings. The van der Waals surface area contributed by atoms with Crippen molar-refractivity contribution in [3.8, 4) is 0 Å². The van der Waals surface area contributed by atoms with Crippen LogP contribution < -0.4 is 21.2 Å². The van der Waals surface area contributed by atoms with E-state index < -0.39 is 27.4 Å². The van der Waals surface area contributed by atoms with Crippen molar-refractivity contribution < 1.29 is 9.59 Å². The van der Waals surface area contributed by atoms with Gasteiger partial charge in [-0.15, -0.1) is 0 Å². The molecule has 0 spiro atoms. The second-order valence-corrected chi connectivity index (χ2v) is 12.0. The average molecular weight is 480 g/mol. The third kappa shape index (κ3) is 5.52. The van der Waals surface area contributed by atoms with Crippen LogP contribution in [0.25, 0.3) is 0 Å². The predicted molar refractivity (Wildman–Crippen MR) is 142 cm³/mol. The van der Waals surface area contributed by atoms with E-state index in [4.69, 9.17) is 0 Å². The molecule has 0 amide bonds. The van der Waals surface area contributed by atoms with Crippen LogP contribution in [0.4, 0.5) is 0 Å². The molecule has 0 fully saturated rings. The number of carbonyl (C=O) groups excluding carboxylic acids is 2. The highest BCUT2D eigenvalue weighted by Crippen LogP contribution is 2.52. The first-order valence-corrected chi connectivity index (χ1v) is 13.6. The fourth-order valence-electron chi connectivity index (χ4n) is 3.89. The van der Waals surface area contributed by atoms with Crippen LogP contribution in [-0.4, -0.2) is 23.7 Å². The highest BCUT2D eigenvalue weighted by atomic mass is 31.1. The van der Waals surface area contributed by atoms with Crippen molar-refractivity contribution >= 4 is 49.2 Å². The van der Waals surface area contributed by atoms with Crippen molar-refractivity contribution in [3.05, 3.63) is 121 Å². The van der Waals surface area contributed by atoms with Gasteiger partial charge in [-0.2, -0.15) is 9.98 Å². The number of isocyanates is 2. The molecule has 2 unspecified atom stereocenters. The van der Waals surface area contributed by atoms with Crippen LogP contribution >= 0.6 is 15.8 Å². The third-order valence-electron chi connectivity index (χ3n) is 5.30. The number of benzene rings is 4. The summed E-state index contributed by atoms with van der Waals surface area (Å²) in [7, 11) is -2.34. The maximum absolute atomic E-state index is 11.8. The minimum atomic E-state index is -1.17. The van der Waals surface area contributed by atoms with Gasteiger partial charge in [0.2, 0.25) is 12.2 Å². The number of nitrogens with zero attached hydrogens (tertiary/aromatic N) is 2. The second kappa shape index (κ2) is 12.1. The topological polar surface area (TPSA) is 58.9 Å². The molecule has 0 saturated carbocycles. The van der Waals surface area contributed by atoms with Gasteiger partial charge >= 0.3 is 0 Å². The van der Waals surface area contributed by atoms with Gasteiger partial charge in [0.05, 0.1) is 0 Å². The molecule has 0 radical (unpaired) electrons. The van der Waals surface area contributed by atoms with Crippen molar-refractivity contribution in [2.45, 2.75) is 11.6 Å². The fraction of sp³-hybridized carbons (Fsp3) is 0.0714. The summed E-state index contributed by atoms with van der Waals surface area (Å²) < 4.78 is 0. The monoisotopic (exact) mass is 480 g/mol. The standard InChI is InChI=1S/C28H22N2O2P2/c31-21-29-27(33(23-13-5-1-6-14-23)24-15-7-2-8-16-24)28(30-22-32)34(25-17-9-3-10-18-25)26-19-11-4-12-20-26/h1-20,27-28H. The van der Waals surface area contributed by atoms with E-state index in [2.05, 4.69) is 9.98 Å². The lowest BCUT2D eigenvalue weighted by atomic mass is 10.4. The van der Waals surface area contributed by atoms with Gasteiger partial charge in [-0.25, -0.2) is 9.59 Å². The van der Waals surface area contributed by atoms with Crippen LogP contribution in [0.3, 0.4) is 0 Å². The molecule has 34 heavy (non-hydrogen) atoms. The predicted octanol–water partition coefficient (Wildman–Crippen LogP) is 4.58. The number of hydrogen-bond acceptors (Lipinski definition) is 4. The zero-order valence-corrected chi connectivity index (χ0v) is 20.1. The minimum absolute atomic E-state index is 0.592. The van der Waals surface area contributed by atoms with E-state index in [0.717, 1.165) is 21.2 Å². The van der Waals surface area contributed by atoms with Crippen molar-refractivity contribution in [2.24, 2.45) is 9.98 Å². The van der Waals surface area contributed by atoms with Crippen LogP contribution in [0, 0.1) is 0 Å². The summed E-state index contributed by atoms with van der Waals surface area (Å²) in [6.45, 7) is 0. The van der Waals surface area contributed by atoms with E-state index in [-0.39, 0.29) is 0 Å². The summed E-state index contributed by atoms with van der Waals surface area (Å²) in [5.74, 6) is -1.18. The molecule has 0 aliphatic carbocycles. The summed E-state index contributed by atoms with van der Waals surface area (Å²) in [6.07, 6.45) is 3.59. The van der Waals surface area contributed by atoms with Gasteiger partial charge in [-0.05, 0) is 37.1 Å². The Hall–Kier alpha value is -3.50. The van der Waals surface area contributed by atoms with E-state index in [1.54, 1.807) is 12.2 Å². The van der Waals surface area contributed by atoms with Crippen LogP contribution in [0.2, 0.25) is 0 Å². The molecule has 0 heterocycles. The zero-order valence-electron chi connectivity index (χ0n) is 18.3. The first-order valence-electron chi connectivity index (χ1n) is 10.8. The Kier molecular flexibility index (Phi) is 8.42. The maximum Gasteiger partial charge on any atom is 0.235 e. The van der Waals surface area contributed by atoms with Gasteiger partial charge in [-0.1, -0.05) is 121 Å². The minimum Gasteiger partial charge on any atom is -0.211 e. The largest absolute Gasteiger partial charge is 0.235 e. The summed E-state index contributed by atoms with van der Waals surface area (Å²) in [4.78, 5) is 32.2. The third-order valence-corrected chi connectivity index (χ3v) is 10.8. The van der Waals surface area contributed by atoms with Gasteiger partial charge < -0.3 is 0 Å². The van der Waals surface area contributed by atoms with Crippen molar-refractivity contribution in [1.29, 1.82) is 0 Å². The highest BCUT2D eigenvalue weighted by molar-refractivity contribution is 7.77. The lowest BCUT2D eigenvalue weighted by molar-refractivity contribution is 0.557. The van der Waals surface area contributed by atoms with Gasteiger partial charge in [-0.3, -0.25) is 0 Å². The van der Waals surface area contributed by atoms with E-state index in [9.17, 15) is 9.59 Å². The second-order valence-electron chi connectivity index (χ2n) is 7.35. The van der Waals surface area contributed by atoms with Gasteiger partial charge in [0.1, 0.15) is 11.6 Å². The lowest BCUT2D eigenvalue weighted by Gasteiger charge is -2.33. The maximum atomic E-state index is 11.8. The Labute approximate surface area is 201 Å². The summed E-state index contributed by atoms with van der Waals surface area (Å²) in [5.41, 5.74) is 0. The molecule has 0 aromatic heterocycles. The molecule has 0 aliphatic rings. The molecule has 0 saturated heterocycles. The first-order chi connectivity index (χ1) is 16.8. The molecular weight excluding hydrogens is 458 g/mol. The first kappa shape index (κ1) is 23.7. The Bertz CT molecular complexity index is 1090. The molecule has 4 aromatic carbocycles. The molecule has 2 atom stereocenters. The average Bonchev–Trinajstić information content (AvgIpc) is 2.91. The van der Waals surface area contributed by atoms with Crippen LogP contribution in [0.15, 0.2) is 131 Å². The van der Waals surface area contributed by atoms with E-state index in [0.29, 0.717) is 0 Å². The molecule has 0 bridgehead atoms. The SMILES string of the molecule is O=C=NC(C(N=C=O)P(c1ccccc1)c1ccccc1)P(c1ccccc1)c1ccccc1. The molecule has 0 N–H and O–H groups in total. The smallest absolute Gasteiger partial charge is 0.211 e. The van der Waals surface area contributed by atoms with E-state index >= 15 is 0 Å². The lowest BCUT2D eigenvalue weighted by Crippen LogP contribution is -2.33. The van der Waals surface area contributed by atoms with Crippen LogP contribution in [0.1, 0.15) is 0 Å².